The van der Waals surface area contributed by atoms with Gasteiger partial charge in [0.25, 0.3) is 0 Å². The first kappa shape index (κ1) is 12.1. The van der Waals surface area contributed by atoms with Crippen molar-refractivity contribution in [3.05, 3.63) is 45.0 Å². The summed E-state index contributed by atoms with van der Waals surface area (Å²) in [5.41, 5.74) is 1.14. The van der Waals surface area contributed by atoms with E-state index in [-0.39, 0.29) is 10.5 Å². The van der Waals surface area contributed by atoms with Gasteiger partial charge in [0, 0.05) is 17.1 Å². The molecule has 0 saturated heterocycles. The molecule has 0 saturated carbocycles. The van der Waals surface area contributed by atoms with Gasteiger partial charge in [0.2, 0.25) is 0 Å². The zero-order valence-electron chi connectivity index (χ0n) is 9.68. The Balaban J connectivity index is 2.69. The maximum Gasteiger partial charge on any atom is 0.189 e. The zero-order valence-corrected chi connectivity index (χ0v) is 10.4. The van der Waals surface area contributed by atoms with Crippen LogP contribution in [0.4, 0.5) is 4.39 Å². The first-order chi connectivity index (χ1) is 7.97. The molecule has 0 aliphatic rings. The number of hydrogen-bond acceptors (Lipinski definition) is 1. The Kier molecular flexibility index (Phi) is 3.20. The van der Waals surface area contributed by atoms with Crippen LogP contribution in [0.1, 0.15) is 19.5 Å². The molecule has 2 aromatic rings. The van der Waals surface area contributed by atoms with Crippen molar-refractivity contribution in [2.24, 2.45) is 5.92 Å². The summed E-state index contributed by atoms with van der Waals surface area (Å²) in [6.07, 6.45) is 0.763. The van der Waals surface area contributed by atoms with Crippen LogP contribution in [0.5, 0.6) is 0 Å². The summed E-state index contributed by atoms with van der Waals surface area (Å²) in [4.78, 5) is 14.9. The van der Waals surface area contributed by atoms with Crippen molar-refractivity contribution in [3.8, 4) is 0 Å². The quantitative estimate of drug-likeness (QED) is 0.873. The van der Waals surface area contributed by atoms with Gasteiger partial charge in [0.05, 0.1) is 10.5 Å². The number of aromatic amines is 1. The number of benzene rings is 1. The van der Waals surface area contributed by atoms with Gasteiger partial charge in [0.15, 0.2) is 5.43 Å². The first-order valence-electron chi connectivity index (χ1n) is 5.48. The van der Waals surface area contributed by atoms with Gasteiger partial charge >= 0.3 is 0 Å². The third-order valence-corrected chi connectivity index (χ3v) is 2.84. The lowest BCUT2D eigenvalue weighted by molar-refractivity contribution is 0.628. The van der Waals surface area contributed by atoms with Crippen LogP contribution in [-0.2, 0) is 6.42 Å². The molecule has 1 aromatic carbocycles. The molecule has 4 heteroatoms. The highest BCUT2D eigenvalue weighted by Crippen LogP contribution is 2.21. The van der Waals surface area contributed by atoms with Gasteiger partial charge in [-0.3, -0.25) is 4.79 Å². The lowest BCUT2D eigenvalue weighted by Crippen LogP contribution is -2.08. The maximum absolute atomic E-state index is 13.2. The maximum atomic E-state index is 13.2. The van der Waals surface area contributed by atoms with Crippen molar-refractivity contribution in [1.82, 2.24) is 4.98 Å². The van der Waals surface area contributed by atoms with Crippen molar-refractivity contribution in [2.75, 3.05) is 0 Å². The van der Waals surface area contributed by atoms with E-state index in [0.29, 0.717) is 16.8 Å². The third kappa shape index (κ3) is 2.50. The Labute approximate surface area is 103 Å². The first-order valence-corrected chi connectivity index (χ1v) is 5.86. The van der Waals surface area contributed by atoms with E-state index in [1.54, 1.807) is 0 Å². The molecule has 0 radical (unpaired) electrons. The molecule has 1 heterocycles. The van der Waals surface area contributed by atoms with Crippen LogP contribution in [0.25, 0.3) is 10.9 Å². The van der Waals surface area contributed by atoms with Gasteiger partial charge in [0.1, 0.15) is 5.82 Å². The molecule has 0 bridgehead atoms. The second-order valence-electron chi connectivity index (χ2n) is 4.57. The van der Waals surface area contributed by atoms with Crippen LogP contribution in [0, 0.1) is 11.7 Å². The molecule has 0 unspecified atom stereocenters. The Morgan fingerprint density at radius 1 is 1.35 bits per heavy atom. The van der Waals surface area contributed by atoms with Gasteiger partial charge in [-0.2, -0.15) is 0 Å². The lowest BCUT2D eigenvalue weighted by atomic mass is 10.1. The zero-order chi connectivity index (χ0) is 12.6. The van der Waals surface area contributed by atoms with Crippen LogP contribution >= 0.6 is 11.6 Å². The van der Waals surface area contributed by atoms with Crippen molar-refractivity contribution < 1.29 is 4.39 Å². The second-order valence-corrected chi connectivity index (χ2v) is 4.97. The highest BCUT2D eigenvalue weighted by molar-refractivity contribution is 6.35. The lowest BCUT2D eigenvalue weighted by Gasteiger charge is -2.08. The van der Waals surface area contributed by atoms with E-state index in [1.807, 2.05) is 0 Å². The molecule has 0 fully saturated rings. The Hall–Kier alpha value is -1.35. The fourth-order valence-electron chi connectivity index (χ4n) is 1.88. The number of pyridine rings is 1. The van der Waals surface area contributed by atoms with E-state index >= 15 is 0 Å². The molecule has 0 spiro atoms. The molecule has 0 aliphatic heterocycles. The number of H-pyrrole nitrogens is 1. The monoisotopic (exact) mass is 253 g/mol. The molecule has 0 amide bonds. The van der Waals surface area contributed by atoms with Gasteiger partial charge < -0.3 is 4.98 Å². The molecule has 0 aliphatic carbocycles. The summed E-state index contributed by atoms with van der Waals surface area (Å²) in [6, 6.07) is 3.93. The topological polar surface area (TPSA) is 32.9 Å². The highest BCUT2D eigenvalue weighted by atomic mass is 35.5. The minimum Gasteiger partial charge on any atom is -0.357 e. The van der Waals surface area contributed by atoms with E-state index in [1.165, 1.54) is 18.2 Å². The standard InChI is InChI=1S/C13H13ClFNO/c1-7(2)3-9-6-12(17)10-4-8(15)5-11(14)13(10)16-9/h4-7H,3H2,1-2H3,(H,16,17). The molecule has 17 heavy (non-hydrogen) atoms. The Bertz CT molecular complexity index is 619. The predicted octanol–water partition coefficient (Wildman–Crippen LogP) is 3.52. The normalized spacial score (nSPS) is 11.4. The SMILES string of the molecule is CC(C)Cc1cc(=O)c2cc(F)cc(Cl)c2[nH]1. The number of halogens is 2. The number of nitrogens with one attached hydrogen (secondary N) is 1. The summed E-state index contributed by atoms with van der Waals surface area (Å²) in [5.74, 6) is -0.0630. The highest BCUT2D eigenvalue weighted by Gasteiger charge is 2.08. The smallest absolute Gasteiger partial charge is 0.189 e. The number of fused-ring (bicyclic) bond motifs is 1. The summed E-state index contributed by atoms with van der Waals surface area (Å²) in [6.45, 7) is 4.13. The minimum absolute atomic E-state index is 0.198. The third-order valence-electron chi connectivity index (χ3n) is 2.54. The Morgan fingerprint density at radius 3 is 2.71 bits per heavy atom. The van der Waals surface area contributed by atoms with E-state index in [9.17, 15) is 9.18 Å². The van der Waals surface area contributed by atoms with E-state index in [0.717, 1.165) is 12.1 Å². The van der Waals surface area contributed by atoms with E-state index < -0.39 is 5.82 Å². The van der Waals surface area contributed by atoms with Gasteiger partial charge in [-0.25, -0.2) is 4.39 Å². The van der Waals surface area contributed by atoms with E-state index in [4.69, 9.17) is 11.6 Å². The Morgan fingerprint density at radius 2 is 2.06 bits per heavy atom. The molecular weight excluding hydrogens is 241 g/mol. The predicted molar refractivity (Wildman–Crippen MR) is 68.1 cm³/mol. The van der Waals surface area contributed by atoms with Crippen molar-refractivity contribution in [1.29, 1.82) is 0 Å². The molecule has 2 rings (SSSR count). The van der Waals surface area contributed by atoms with Gasteiger partial charge in [-0.05, 0) is 24.5 Å². The molecule has 1 aromatic heterocycles. The molecule has 1 N–H and O–H groups in total. The van der Waals surface area contributed by atoms with Crippen LogP contribution in [-0.4, -0.2) is 4.98 Å². The fraction of sp³-hybridized carbons (Fsp3) is 0.308. The number of rotatable bonds is 2. The fourth-order valence-corrected chi connectivity index (χ4v) is 2.13. The minimum atomic E-state index is -0.496. The average molecular weight is 254 g/mol. The summed E-state index contributed by atoms with van der Waals surface area (Å²) in [7, 11) is 0. The number of hydrogen-bond donors (Lipinski definition) is 1. The van der Waals surface area contributed by atoms with Crippen LogP contribution < -0.4 is 5.43 Å². The largest absolute Gasteiger partial charge is 0.357 e. The molecule has 2 nitrogen and oxygen atoms in total. The van der Waals surface area contributed by atoms with Crippen molar-refractivity contribution in [3.63, 3.8) is 0 Å². The van der Waals surface area contributed by atoms with Gasteiger partial charge in [-0.1, -0.05) is 25.4 Å². The number of aromatic nitrogens is 1. The van der Waals surface area contributed by atoms with Crippen LogP contribution in [0.3, 0.4) is 0 Å². The molecule has 0 atom stereocenters. The molecule has 90 valence electrons. The van der Waals surface area contributed by atoms with Crippen molar-refractivity contribution in [2.45, 2.75) is 20.3 Å². The summed E-state index contributed by atoms with van der Waals surface area (Å²) >= 11 is 5.93. The van der Waals surface area contributed by atoms with Crippen LogP contribution in [0.15, 0.2) is 23.0 Å². The second kappa shape index (κ2) is 4.49. The van der Waals surface area contributed by atoms with Gasteiger partial charge in [-0.15, -0.1) is 0 Å². The molecular formula is C13H13ClFNO. The van der Waals surface area contributed by atoms with Crippen LogP contribution in [0.2, 0.25) is 5.02 Å². The summed E-state index contributed by atoms with van der Waals surface area (Å²) < 4.78 is 13.2. The van der Waals surface area contributed by atoms with Crippen molar-refractivity contribution >= 4 is 22.5 Å². The van der Waals surface area contributed by atoms with E-state index in [2.05, 4.69) is 18.8 Å². The average Bonchev–Trinajstić information content (AvgIpc) is 2.19. The summed E-state index contributed by atoms with van der Waals surface area (Å²) in [5, 5.41) is 0.533.